The molecule has 0 radical (unpaired) electrons. The minimum absolute atomic E-state index is 0.0507. The van der Waals surface area contributed by atoms with E-state index < -0.39 is 0 Å². The maximum atomic E-state index is 9.64. The van der Waals surface area contributed by atoms with Gasteiger partial charge >= 0.3 is 0 Å². The number of allylic oxidation sites excluding steroid dienone is 1. The molecule has 1 aromatic rings. The minimum atomic E-state index is 0.0507. The summed E-state index contributed by atoms with van der Waals surface area (Å²) in [5.41, 5.74) is 1.04. The van der Waals surface area contributed by atoms with E-state index in [1.54, 1.807) is 12.3 Å². The van der Waals surface area contributed by atoms with Crippen LogP contribution in [0, 0.1) is 5.92 Å². The van der Waals surface area contributed by atoms with Gasteiger partial charge in [0.05, 0.1) is 12.9 Å². The molecule has 0 saturated heterocycles. The van der Waals surface area contributed by atoms with Gasteiger partial charge in [0.2, 0.25) is 0 Å². The van der Waals surface area contributed by atoms with E-state index >= 15 is 0 Å². The Labute approximate surface area is 102 Å². The third-order valence-corrected chi connectivity index (χ3v) is 2.89. The predicted octanol–water partition coefficient (Wildman–Crippen LogP) is 3.40. The van der Waals surface area contributed by atoms with Gasteiger partial charge in [-0.3, -0.25) is 0 Å². The highest BCUT2D eigenvalue weighted by atomic mass is 16.5. The molecular formula is C14H18O3. The number of ether oxygens (including phenoxy) is 2. The van der Waals surface area contributed by atoms with Gasteiger partial charge in [0.25, 0.3) is 0 Å². The number of rotatable bonds is 3. The summed E-state index contributed by atoms with van der Waals surface area (Å²) in [5.74, 6) is 1.21. The van der Waals surface area contributed by atoms with Crippen LogP contribution in [0.1, 0.15) is 31.9 Å². The fourth-order valence-electron chi connectivity index (χ4n) is 1.96. The van der Waals surface area contributed by atoms with Gasteiger partial charge in [0, 0.05) is 0 Å². The van der Waals surface area contributed by atoms with Crippen LogP contribution in [0.25, 0.3) is 0 Å². The van der Waals surface area contributed by atoms with Crippen LogP contribution in [0.5, 0.6) is 11.5 Å². The monoisotopic (exact) mass is 234 g/mol. The Morgan fingerprint density at radius 3 is 3.00 bits per heavy atom. The van der Waals surface area contributed by atoms with Crippen LogP contribution < -0.4 is 4.74 Å². The smallest absolute Gasteiger partial charge is 0.161 e. The summed E-state index contributed by atoms with van der Waals surface area (Å²) in [7, 11) is 0. The molecule has 1 N–H and O–H groups in total. The van der Waals surface area contributed by atoms with Crippen LogP contribution in [0.4, 0.5) is 0 Å². The van der Waals surface area contributed by atoms with Crippen molar-refractivity contribution in [1.82, 2.24) is 0 Å². The average molecular weight is 234 g/mol. The van der Waals surface area contributed by atoms with Crippen molar-refractivity contribution in [1.29, 1.82) is 0 Å². The number of hydrogen-bond acceptors (Lipinski definition) is 3. The lowest BCUT2D eigenvalue weighted by Gasteiger charge is -2.24. The number of phenolic OH excluding ortho intramolecular Hbond substituents is 1. The molecule has 0 aromatic heterocycles. The highest BCUT2D eigenvalue weighted by molar-refractivity contribution is 5.42. The van der Waals surface area contributed by atoms with E-state index in [4.69, 9.17) is 9.47 Å². The Hall–Kier alpha value is -1.64. The summed E-state index contributed by atoms with van der Waals surface area (Å²) in [5, 5.41) is 9.64. The molecule has 0 spiro atoms. The summed E-state index contributed by atoms with van der Waals surface area (Å²) in [4.78, 5) is 0. The Morgan fingerprint density at radius 1 is 1.47 bits per heavy atom. The van der Waals surface area contributed by atoms with E-state index in [-0.39, 0.29) is 11.9 Å². The van der Waals surface area contributed by atoms with E-state index in [2.05, 4.69) is 13.0 Å². The fraction of sp³-hybridized carbons (Fsp3) is 0.429. The second kappa shape index (κ2) is 5.13. The molecule has 0 fully saturated rings. The number of phenols is 1. The third-order valence-electron chi connectivity index (χ3n) is 2.89. The van der Waals surface area contributed by atoms with Gasteiger partial charge in [-0.2, -0.15) is 0 Å². The zero-order valence-electron chi connectivity index (χ0n) is 10.2. The molecule has 0 saturated carbocycles. The number of aromatic hydroxyl groups is 1. The topological polar surface area (TPSA) is 38.7 Å². The second-order valence-electron chi connectivity index (χ2n) is 4.33. The number of hydrogen-bond donors (Lipinski definition) is 1. The fourth-order valence-corrected chi connectivity index (χ4v) is 1.96. The molecular weight excluding hydrogens is 216 g/mol. The highest BCUT2D eigenvalue weighted by Gasteiger charge is 2.19. The van der Waals surface area contributed by atoms with Crippen LogP contribution in [-0.4, -0.2) is 11.7 Å². The van der Waals surface area contributed by atoms with Gasteiger partial charge in [0.1, 0.15) is 6.10 Å². The molecule has 92 valence electrons. The highest BCUT2D eigenvalue weighted by Crippen LogP contribution is 2.35. The van der Waals surface area contributed by atoms with Crippen molar-refractivity contribution in [3.8, 4) is 11.5 Å². The van der Waals surface area contributed by atoms with Crippen LogP contribution in [-0.2, 0) is 4.74 Å². The van der Waals surface area contributed by atoms with Crippen molar-refractivity contribution in [2.45, 2.75) is 26.4 Å². The van der Waals surface area contributed by atoms with Gasteiger partial charge < -0.3 is 14.6 Å². The summed E-state index contributed by atoms with van der Waals surface area (Å²) in [6.07, 6.45) is 4.81. The Kier molecular flexibility index (Phi) is 3.57. The first-order valence-corrected chi connectivity index (χ1v) is 5.98. The zero-order valence-corrected chi connectivity index (χ0v) is 10.2. The van der Waals surface area contributed by atoms with Crippen LogP contribution in [0.2, 0.25) is 0 Å². The van der Waals surface area contributed by atoms with E-state index in [0.717, 1.165) is 12.0 Å². The van der Waals surface area contributed by atoms with E-state index in [9.17, 15) is 5.11 Å². The van der Waals surface area contributed by atoms with E-state index in [0.29, 0.717) is 18.3 Å². The molecule has 2 atom stereocenters. The van der Waals surface area contributed by atoms with Gasteiger partial charge in [-0.25, -0.2) is 0 Å². The molecule has 3 nitrogen and oxygen atoms in total. The summed E-state index contributed by atoms with van der Waals surface area (Å²) < 4.78 is 11.0. The first-order valence-electron chi connectivity index (χ1n) is 5.98. The molecule has 2 unspecified atom stereocenters. The average Bonchev–Trinajstić information content (AvgIpc) is 2.32. The van der Waals surface area contributed by atoms with Crippen molar-refractivity contribution >= 4 is 0 Å². The maximum Gasteiger partial charge on any atom is 0.161 e. The van der Waals surface area contributed by atoms with Crippen molar-refractivity contribution in [3.05, 3.63) is 36.1 Å². The maximum absolute atomic E-state index is 9.64. The summed E-state index contributed by atoms with van der Waals surface area (Å²) >= 11 is 0. The first kappa shape index (κ1) is 11.8. The van der Waals surface area contributed by atoms with E-state index in [1.165, 1.54) is 0 Å². The van der Waals surface area contributed by atoms with E-state index in [1.807, 2.05) is 19.1 Å². The van der Waals surface area contributed by atoms with Gasteiger partial charge in [-0.15, -0.1) is 0 Å². The second-order valence-corrected chi connectivity index (χ2v) is 4.33. The van der Waals surface area contributed by atoms with Gasteiger partial charge in [-0.1, -0.05) is 13.0 Å². The van der Waals surface area contributed by atoms with Crippen LogP contribution >= 0.6 is 0 Å². The lowest BCUT2D eigenvalue weighted by molar-refractivity contribution is 0.109. The Balaban J connectivity index is 2.21. The Morgan fingerprint density at radius 2 is 2.29 bits per heavy atom. The standard InChI is InChI=1S/C14H18O3/c1-3-16-14-9-11(4-5-12(14)15)13-8-10(2)6-7-17-13/h4-7,9-10,13,15H,3,8H2,1-2H3. The van der Waals surface area contributed by atoms with Crippen molar-refractivity contribution in [2.75, 3.05) is 6.61 Å². The normalized spacial score (nSPS) is 23.2. The summed E-state index contributed by atoms with van der Waals surface area (Å²) in [6.45, 7) is 4.60. The summed E-state index contributed by atoms with van der Waals surface area (Å²) in [6, 6.07) is 5.40. The van der Waals surface area contributed by atoms with Gasteiger partial charge in [-0.05, 0) is 43.0 Å². The largest absolute Gasteiger partial charge is 0.504 e. The van der Waals surface area contributed by atoms with Crippen LogP contribution in [0.3, 0.4) is 0 Å². The third kappa shape index (κ3) is 2.73. The van der Waals surface area contributed by atoms with Crippen molar-refractivity contribution in [2.24, 2.45) is 5.92 Å². The molecule has 1 heterocycles. The van der Waals surface area contributed by atoms with Crippen molar-refractivity contribution < 1.29 is 14.6 Å². The van der Waals surface area contributed by atoms with Gasteiger partial charge in [0.15, 0.2) is 11.5 Å². The Bertz CT molecular complexity index is 412. The molecule has 1 aliphatic rings. The molecule has 0 aliphatic carbocycles. The van der Waals surface area contributed by atoms with Crippen LogP contribution in [0.15, 0.2) is 30.5 Å². The van der Waals surface area contributed by atoms with Crippen molar-refractivity contribution in [3.63, 3.8) is 0 Å². The quantitative estimate of drug-likeness (QED) is 0.871. The molecule has 1 aliphatic heterocycles. The predicted molar refractivity (Wildman–Crippen MR) is 66.0 cm³/mol. The minimum Gasteiger partial charge on any atom is -0.504 e. The molecule has 2 rings (SSSR count). The molecule has 3 heteroatoms. The number of benzene rings is 1. The molecule has 0 bridgehead atoms. The SMILES string of the molecule is CCOc1cc(C2CC(C)C=CO2)ccc1O. The molecule has 1 aromatic carbocycles. The lowest BCUT2D eigenvalue weighted by atomic mass is 9.96. The zero-order chi connectivity index (χ0) is 12.3. The lowest BCUT2D eigenvalue weighted by Crippen LogP contribution is -2.09. The molecule has 17 heavy (non-hydrogen) atoms. The molecule has 0 amide bonds. The first-order chi connectivity index (χ1) is 8.20.